The molecule has 2 aromatic heterocycles. The van der Waals surface area contributed by atoms with E-state index in [2.05, 4.69) is 20.4 Å². The molecular weight excluding hydrogens is 527 g/mol. The lowest BCUT2D eigenvalue weighted by Crippen LogP contribution is -2.51. The number of aryl methyl sites for hydroxylation is 1. The van der Waals surface area contributed by atoms with Gasteiger partial charge in [-0.1, -0.05) is 0 Å². The van der Waals surface area contributed by atoms with Crippen LogP contribution in [0.5, 0.6) is 0 Å². The van der Waals surface area contributed by atoms with Gasteiger partial charge in [0.1, 0.15) is 6.17 Å². The minimum absolute atomic E-state index is 0.0319. The number of nitrogens with zero attached hydrogens (tertiary/aromatic N) is 7. The van der Waals surface area contributed by atoms with E-state index in [-0.39, 0.29) is 37.1 Å². The number of carbonyl (C=O) groups excluding carboxylic acids is 1. The first-order valence-corrected chi connectivity index (χ1v) is 14.9. The molecule has 0 unspecified atom stereocenters. The maximum atomic E-state index is 15.2. The van der Waals surface area contributed by atoms with Crippen molar-refractivity contribution in [2.24, 2.45) is 0 Å². The summed E-state index contributed by atoms with van der Waals surface area (Å²) < 4.78 is 43.8. The van der Waals surface area contributed by atoms with E-state index in [0.717, 1.165) is 17.7 Å². The highest BCUT2D eigenvalue weighted by molar-refractivity contribution is 7.89. The van der Waals surface area contributed by atoms with Gasteiger partial charge < -0.3 is 15.3 Å². The fourth-order valence-electron chi connectivity index (χ4n) is 4.83. The molecule has 0 aliphatic carbocycles. The molecule has 2 saturated heterocycles. The molecule has 2 fully saturated rings. The molecule has 0 bridgehead atoms. The Labute approximate surface area is 229 Å². The Morgan fingerprint density at radius 3 is 2.69 bits per heavy atom. The quantitative estimate of drug-likeness (QED) is 0.427. The van der Waals surface area contributed by atoms with Crippen LogP contribution in [0.1, 0.15) is 32.3 Å². The van der Waals surface area contributed by atoms with Crippen LogP contribution < -0.4 is 5.32 Å². The van der Waals surface area contributed by atoms with Crippen molar-refractivity contribution in [1.82, 2.24) is 33.9 Å². The fourth-order valence-corrected chi connectivity index (χ4v) is 6.33. The van der Waals surface area contributed by atoms with Crippen molar-refractivity contribution in [3.63, 3.8) is 0 Å². The van der Waals surface area contributed by atoms with Gasteiger partial charge >= 0.3 is 0 Å². The minimum Gasteiger partial charge on any atom is -0.389 e. The smallest absolute Gasteiger partial charge is 0.236 e. The zero-order chi connectivity index (χ0) is 28.4. The lowest BCUT2D eigenvalue weighted by atomic mass is 10.1. The predicted molar refractivity (Wildman–Crippen MR) is 145 cm³/mol. The average Bonchev–Trinajstić information content (AvgIpc) is 3.30. The molecule has 14 heteroatoms. The van der Waals surface area contributed by atoms with E-state index in [1.54, 1.807) is 49.1 Å². The van der Waals surface area contributed by atoms with Gasteiger partial charge in [0, 0.05) is 51.2 Å². The molecule has 39 heavy (non-hydrogen) atoms. The van der Waals surface area contributed by atoms with Gasteiger partial charge in [0.05, 0.1) is 42.4 Å². The van der Waals surface area contributed by atoms with Crippen LogP contribution in [-0.2, 0) is 21.4 Å². The molecule has 4 heterocycles. The van der Waals surface area contributed by atoms with E-state index >= 15 is 4.39 Å². The molecule has 216 valence electrons. The predicted octanol–water partition coefficient (Wildman–Crippen LogP) is 0.738. The van der Waals surface area contributed by atoms with Gasteiger partial charge in [-0.15, -0.1) is 0 Å². The standard InChI is InChI=1S/C25H39FN8O4S/c1-18-12-27-24(30-23(18)19-13-28-33(14-19)17-25(2,3)36)29-21-6-8-34(15-20(21)26)39(37,38)11-5-7-32-10-9-31(4)22(35)16-32/h12-14,20-21,36H,5-11,15-17H2,1-4H3,(H,27,29,30)/t20-,21+/m1/s1. The SMILES string of the molecule is Cc1cnc(N[C@H]2CCN(S(=O)(=O)CCCN3CCN(C)C(=O)C3)C[C@H]2F)nc1-c1cnn(CC(C)(C)O)c1. The van der Waals surface area contributed by atoms with Crippen LogP contribution in [0.3, 0.4) is 0 Å². The van der Waals surface area contributed by atoms with Gasteiger partial charge in [-0.2, -0.15) is 9.40 Å². The van der Waals surface area contributed by atoms with Crippen molar-refractivity contribution < 1.29 is 22.7 Å². The summed E-state index contributed by atoms with van der Waals surface area (Å²) in [4.78, 5) is 24.4. The van der Waals surface area contributed by atoms with E-state index < -0.39 is 27.8 Å². The lowest BCUT2D eigenvalue weighted by molar-refractivity contribution is -0.134. The highest BCUT2D eigenvalue weighted by Gasteiger charge is 2.35. The number of carbonyl (C=O) groups is 1. The van der Waals surface area contributed by atoms with E-state index in [0.29, 0.717) is 38.3 Å². The Balaban J connectivity index is 1.31. The topological polar surface area (TPSA) is 137 Å². The second kappa shape index (κ2) is 11.8. The van der Waals surface area contributed by atoms with Gasteiger partial charge in [-0.3, -0.25) is 14.4 Å². The molecular formula is C25H39FN8O4S. The summed E-state index contributed by atoms with van der Waals surface area (Å²) in [6.45, 7) is 7.74. The van der Waals surface area contributed by atoms with Crippen molar-refractivity contribution in [3.05, 3.63) is 24.2 Å². The van der Waals surface area contributed by atoms with E-state index in [4.69, 9.17) is 0 Å². The van der Waals surface area contributed by atoms with Crippen LogP contribution in [0.15, 0.2) is 18.6 Å². The number of alkyl halides is 1. The highest BCUT2D eigenvalue weighted by atomic mass is 32.2. The van der Waals surface area contributed by atoms with Crippen LogP contribution in [0.2, 0.25) is 0 Å². The number of nitrogens with one attached hydrogen (secondary N) is 1. The van der Waals surface area contributed by atoms with E-state index in [9.17, 15) is 18.3 Å². The maximum absolute atomic E-state index is 15.2. The Morgan fingerprint density at radius 1 is 1.23 bits per heavy atom. The van der Waals surface area contributed by atoms with Crippen molar-refractivity contribution in [3.8, 4) is 11.3 Å². The van der Waals surface area contributed by atoms with Gasteiger partial charge in [0.2, 0.25) is 21.9 Å². The summed E-state index contributed by atoms with van der Waals surface area (Å²) in [7, 11) is -1.85. The first kappa shape index (κ1) is 29.3. The molecule has 12 nitrogen and oxygen atoms in total. The molecule has 0 spiro atoms. The van der Waals surface area contributed by atoms with E-state index in [1.165, 1.54) is 4.31 Å². The molecule has 2 N–H and O–H groups in total. The number of piperazine rings is 1. The molecule has 2 aliphatic rings. The molecule has 4 rings (SSSR count). The van der Waals surface area contributed by atoms with Crippen molar-refractivity contribution in [2.75, 3.05) is 57.4 Å². The molecule has 0 radical (unpaired) electrons. The van der Waals surface area contributed by atoms with Crippen molar-refractivity contribution in [1.29, 1.82) is 0 Å². The second-order valence-corrected chi connectivity index (χ2v) is 13.2. The van der Waals surface area contributed by atoms with Gasteiger partial charge in [0.25, 0.3) is 0 Å². The number of aromatic nitrogens is 4. The summed E-state index contributed by atoms with van der Waals surface area (Å²) in [6, 6.07) is -0.624. The Bertz CT molecular complexity index is 1270. The minimum atomic E-state index is -3.61. The number of likely N-dealkylation sites (N-methyl/N-ethyl adjacent to an activating group) is 1. The van der Waals surface area contributed by atoms with Crippen LogP contribution in [0, 0.1) is 6.92 Å². The first-order valence-electron chi connectivity index (χ1n) is 13.2. The Kier molecular flexibility index (Phi) is 8.88. The third kappa shape index (κ3) is 7.71. The van der Waals surface area contributed by atoms with Crippen LogP contribution >= 0.6 is 0 Å². The van der Waals surface area contributed by atoms with Gasteiger partial charge in [0.15, 0.2) is 0 Å². The molecule has 1 amide bonds. The van der Waals surface area contributed by atoms with E-state index in [1.807, 2.05) is 11.8 Å². The van der Waals surface area contributed by atoms with Crippen molar-refractivity contribution >= 4 is 21.9 Å². The zero-order valence-electron chi connectivity index (χ0n) is 23.0. The maximum Gasteiger partial charge on any atom is 0.236 e. The summed E-state index contributed by atoms with van der Waals surface area (Å²) >= 11 is 0. The number of hydrogen-bond donors (Lipinski definition) is 2. The number of amides is 1. The molecule has 0 saturated carbocycles. The zero-order valence-corrected chi connectivity index (χ0v) is 23.9. The molecule has 2 aliphatic heterocycles. The number of piperidine rings is 1. The summed E-state index contributed by atoms with van der Waals surface area (Å²) in [6.07, 6.45) is 4.35. The van der Waals surface area contributed by atoms with Crippen LogP contribution in [-0.4, -0.2) is 123 Å². The molecule has 0 aromatic carbocycles. The number of hydrogen-bond acceptors (Lipinski definition) is 9. The fraction of sp³-hybridized carbons (Fsp3) is 0.680. The van der Waals surface area contributed by atoms with Gasteiger partial charge in [-0.25, -0.2) is 22.8 Å². The largest absolute Gasteiger partial charge is 0.389 e. The van der Waals surface area contributed by atoms with Crippen LogP contribution in [0.25, 0.3) is 11.3 Å². The Morgan fingerprint density at radius 2 is 2.00 bits per heavy atom. The summed E-state index contributed by atoms with van der Waals surface area (Å²) in [5.41, 5.74) is 1.30. The Hall–Kier alpha value is -2.68. The monoisotopic (exact) mass is 566 g/mol. The summed E-state index contributed by atoms with van der Waals surface area (Å²) in [5, 5.41) is 17.4. The lowest BCUT2D eigenvalue weighted by Gasteiger charge is -2.35. The van der Waals surface area contributed by atoms with Gasteiger partial charge in [-0.05, 0) is 45.7 Å². The summed E-state index contributed by atoms with van der Waals surface area (Å²) in [5.74, 6) is 0.213. The third-order valence-corrected chi connectivity index (χ3v) is 8.98. The normalized spacial score (nSPS) is 21.9. The number of anilines is 1. The second-order valence-electron chi connectivity index (χ2n) is 11.1. The molecule has 2 atom stereocenters. The van der Waals surface area contributed by atoms with Crippen LogP contribution in [0.4, 0.5) is 10.3 Å². The number of rotatable bonds is 10. The first-order chi connectivity index (χ1) is 18.3. The third-order valence-electron chi connectivity index (χ3n) is 7.05. The number of halogens is 1. The average molecular weight is 567 g/mol. The number of sulfonamides is 1. The highest BCUT2D eigenvalue weighted by Crippen LogP contribution is 2.24. The van der Waals surface area contributed by atoms with Crippen molar-refractivity contribution in [2.45, 2.75) is 58.0 Å². The number of aliphatic hydroxyl groups is 1. The molecule has 2 aromatic rings.